The SMILES string of the molecule is O=C(CCl)Nc1ccc(C(=O)Nc2cccc(Nc3nc(-c4cnc5[nH]ccc5c4)c4sccc4n3)c2)cc1. The predicted molar refractivity (Wildman–Crippen MR) is 156 cm³/mol. The number of carbonyl (C=O) groups is 2. The maximum atomic E-state index is 12.8. The van der Waals surface area contributed by atoms with Crippen LogP contribution >= 0.6 is 22.9 Å². The van der Waals surface area contributed by atoms with E-state index in [1.54, 1.807) is 53.9 Å². The summed E-state index contributed by atoms with van der Waals surface area (Å²) in [7, 11) is 0. The number of anilines is 4. The molecule has 2 aromatic carbocycles. The van der Waals surface area contributed by atoms with Gasteiger partial charge in [0.2, 0.25) is 11.9 Å². The number of nitrogens with zero attached hydrogens (tertiary/aromatic N) is 3. The summed E-state index contributed by atoms with van der Waals surface area (Å²) in [6.45, 7) is 0. The van der Waals surface area contributed by atoms with Gasteiger partial charge in [-0.2, -0.15) is 0 Å². The topological polar surface area (TPSA) is 125 Å². The van der Waals surface area contributed by atoms with Gasteiger partial charge in [-0.1, -0.05) is 6.07 Å². The number of fused-ring (bicyclic) bond motifs is 2. The maximum Gasteiger partial charge on any atom is 0.255 e. The minimum atomic E-state index is -0.314. The first-order valence-corrected chi connectivity index (χ1v) is 13.3. The first-order chi connectivity index (χ1) is 19.1. The van der Waals surface area contributed by atoms with Crippen molar-refractivity contribution in [1.82, 2.24) is 19.9 Å². The van der Waals surface area contributed by atoms with E-state index in [2.05, 4.69) is 37.0 Å². The molecule has 9 nitrogen and oxygen atoms in total. The number of carbonyl (C=O) groups excluding carboxylic acids is 2. The van der Waals surface area contributed by atoms with E-state index in [0.29, 0.717) is 28.6 Å². The first-order valence-electron chi connectivity index (χ1n) is 11.9. The van der Waals surface area contributed by atoms with E-state index < -0.39 is 0 Å². The highest BCUT2D eigenvalue weighted by Gasteiger charge is 2.14. The van der Waals surface area contributed by atoms with Crippen molar-refractivity contribution in [3.05, 3.63) is 90.1 Å². The number of benzene rings is 2. The van der Waals surface area contributed by atoms with E-state index in [4.69, 9.17) is 16.6 Å². The van der Waals surface area contributed by atoms with Crippen LogP contribution in [0.3, 0.4) is 0 Å². The Bertz CT molecular complexity index is 1830. The van der Waals surface area contributed by atoms with Crippen LogP contribution in [0.2, 0.25) is 0 Å². The molecule has 0 aliphatic rings. The molecule has 4 heterocycles. The van der Waals surface area contributed by atoms with Crippen molar-refractivity contribution in [3.63, 3.8) is 0 Å². The monoisotopic (exact) mass is 553 g/mol. The zero-order chi connectivity index (χ0) is 26.8. The lowest BCUT2D eigenvalue weighted by Gasteiger charge is -2.11. The van der Waals surface area contributed by atoms with Crippen molar-refractivity contribution in [3.8, 4) is 11.3 Å². The summed E-state index contributed by atoms with van der Waals surface area (Å²) in [6, 6.07) is 19.9. The second-order valence-electron chi connectivity index (χ2n) is 8.59. The van der Waals surface area contributed by atoms with Crippen molar-refractivity contribution in [2.45, 2.75) is 0 Å². The lowest BCUT2D eigenvalue weighted by Crippen LogP contribution is -2.14. The van der Waals surface area contributed by atoms with Crippen LogP contribution in [0.5, 0.6) is 0 Å². The Morgan fingerprint density at radius 3 is 2.62 bits per heavy atom. The Morgan fingerprint density at radius 1 is 0.923 bits per heavy atom. The van der Waals surface area contributed by atoms with E-state index in [-0.39, 0.29) is 17.7 Å². The molecule has 2 amide bonds. The van der Waals surface area contributed by atoms with Gasteiger partial charge in [-0.25, -0.2) is 15.0 Å². The minimum Gasteiger partial charge on any atom is -0.346 e. The molecule has 0 spiro atoms. The van der Waals surface area contributed by atoms with Gasteiger partial charge in [0.1, 0.15) is 11.5 Å². The number of hydrogen-bond acceptors (Lipinski definition) is 7. The second-order valence-corrected chi connectivity index (χ2v) is 9.77. The number of amides is 2. The van der Waals surface area contributed by atoms with Crippen molar-refractivity contribution < 1.29 is 9.59 Å². The molecule has 6 aromatic rings. The highest BCUT2D eigenvalue weighted by molar-refractivity contribution is 7.17. The highest BCUT2D eigenvalue weighted by Crippen LogP contribution is 2.33. The number of halogens is 1. The fourth-order valence-corrected chi connectivity index (χ4v) is 5.00. The molecular formula is C28H20ClN7O2S. The molecule has 0 aliphatic heterocycles. The Kier molecular flexibility index (Phi) is 6.62. The molecule has 0 saturated heterocycles. The van der Waals surface area contributed by atoms with Crippen LogP contribution in [-0.2, 0) is 4.79 Å². The molecule has 0 atom stereocenters. The van der Waals surface area contributed by atoms with Crippen LogP contribution in [0, 0.1) is 0 Å². The molecule has 0 fully saturated rings. The molecule has 0 unspecified atom stereocenters. The third-order valence-corrected chi connectivity index (χ3v) is 7.06. The van der Waals surface area contributed by atoms with Crippen LogP contribution in [0.1, 0.15) is 10.4 Å². The van der Waals surface area contributed by atoms with Gasteiger partial charge in [0, 0.05) is 46.0 Å². The lowest BCUT2D eigenvalue weighted by molar-refractivity contribution is -0.113. The van der Waals surface area contributed by atoms with Crippen molar-refractivity contribution >= 4 is 79.0 Å². The molecule has 0 aliphatic carbocycles. The number of pyridine rings is 1. The number of hydrogen-bond donors (Lipinski definition) is 4. The van der Waals surface area contributed by atoms with Crippen LogP contribution in [0.4, 0.5) is 23.0 Å². The van der Waals surface area contributed by atoms with Crippen LogP contribution in [0.25, 0.3) is 32.5 Å². The predicted octanol–water partition coefficient (Wildman–Crippen LogP) is 6.41. The summed E-state index contributed by atoms with van der Waals surface area (Å²) in [5.74, 6) is -0.303. The van der Waals surface area contributed by atoms with Crippen molar-refractivity contribution in [2.24, 2.45) is 0 Å². The number of nitrogens with one attached hydrogen (secondary N) is 4. The summed E-state index contributed by atoms with van der Waals surface area (Å²) < 4.78 is 0.978. The third-order valence-electron chi connectivity index (χ3n) is 5.91. The summed E-state index contributed by atoms with van der Waals surface area (Å²) in [6.07, 6.45) is 3.66. The molecule has 39 heavy (non-hydrogen) atoms. The Balaban J connectivity index is 1.22. The molecule has 6 rings (SSSR count). The molecule has 0 radical (unpaired) electrons. The average molecular weight is 554 g/mol. The van der Waals surface area contributed by atoms with E-state index in [0.717, 1.165) is 32.5 Å². The third kappa shape index (κ3) is 5.28. The van der Waals surface area contributed by atoms with E-state index in [1.807, 2.05) is 35.8 Å². The van der Waals surface area contributed by atoms with Gasteiger partial charge in [-0.3, -0.25) is 9.59 Å². The van der Waals surface area contributed by atoms with Crippen molar-refractivity contribution in [1.29, 1.82) is 0 Å². The number of alkyl halides is 1. The summed E-state index contributed by atoms with van der Waals surface area (Å²) >= 11 is 7.10. The van der Waals surface area contributed by atoms with Gasteiger partial charge >= 0.3 is 0 Å². The summed E-state index contributed by atoms with van der Waals surface area (Å²) in [4.78, 5) is 41.4. The molecular weight excluding hydrogens is 534 g/mol. The van der Waals surface area contributed by atoms with E-state index in [9.17, 15) is 9.59 Å². The quantitative estimate of drug-likeness (QED) is 0.169. The van der Waals surface area contributed by atoms with Gasteiger partial charge in [0.15, 0.2) is 0 Å². The summed E-state index contributed by atoms with van der Waals surface area (Å²) in [5.41, 5.74) is 5.67. The van der Waals surface area contributed by atoms with Crippen LogP contribution < -0.4 is 16.0 Å². The minimum absolute atomic E-state index is 0.138. The van der Waals surface area contributed by atoms with Crippen LogP contribution in [0.15, 0.2) is 84.5 Å². The smallest absolute Gasteiger partial charge is 0.255 e. The van der Waals surface area contributed by atoms with Gasteiger partial charge in [0.25, 0.3) is 5.91 Å². The Labute approximate surface area is 231 Å². The zero-order valence-electron chi connectivity index (χ0n) is 20.2. The largest absolute Gasteiger partial charge is 0.346 e. The molecule has 192 valence electrons. The molecule has 11 heteroatoms. The summed E-state index contributed by atoms with van der Waals surface area (Å²) in [5, 5.41) is 11.8. The van der Waals surface area contributed by atoms with E-state index in [1.165, 1.54) is 0 Å². The van der Waals surface area contributed by atoms with Gasteiger partial charge in [-0.15, -0.1) is 22.9 Å². The van der Waals surface area contributed by atoms with Gasteiger partial charge in [0.05, 0.1) is 15.9 Å². The highest BCUT2D eigenvalue weighted by atomic mass is 35.5. The average Bonchev–Trinajstić information content (AvgIpc) is 3.62. The van der Waals surface area contributed by atoms with Crippen LogP contribution in [-0.4, -0.2) is 37.6 Å². The fourth-order valence-electron chi connectivity index (χ4n) is 4.09. The van der Waals surface area contributed by atoms with Crippen molar-refractivity contribution in [2.75, 3.05) is 21.8 Å². The number of rotatable bonds is 7. The number of thiophene rings is 1. The lowest BCUT2D eigenvalue weighted by atomic mass is 10.1. The normalized spacial score (nSPS) is 11.0. The zero-order valence-corrected chi connectivity index (χ0v) is 21.8. The molecule has 0 saturated carbocycles. The first kappa shape index (κ1) is 24.5. The molecule has 0 bridgehead atoms. The second kappa shape index (κ2) is 10.5. The van der Waals surface area contributed by atoms with Gasteiger partial charge < -0.3 is 20.9 Å². The standard InChI is InChI=1S/C28H20ClN7O2S/c29-14-23(37)32-19-6-4-16(5-7-19)27(38)33-20-2-1-3-21(13-20)34-28-35-22-9-11-39-25(22)24(36-28)18-12-17-8-10-30-26(17)31-15-18/h1-13,15H,14H2,(H,30,31)(H,32,37)(H,33,38)(H,34,35,36). The number of H-pyrrole nitrogens is 1. The number of aromatic amines is 1. The fraction of sp³-hybridized carbons (Fsp3) is 0.0357. The maximum absolute atomic E-state index is 12.8. The van der Waals surface area contributed by atoms with E-state index >= 15 is 0 Å². The van der Waals surface area contributed by atoms with Gasteiger partial charge in [-0.05, 0) is 66.0 Å². The number of aromatic nitrogens is 4. The Morgan fingerprint density at radius 2 is 1.77 bits per heavy atom. The molecule has 4 aromatic heterocycles. The Hall–Kier alpha value is -4.80. The molecule has 4 N–H and O–H groups in total.